The number of carbonyl (C=O) groups excluding carboxylic acids is 2. The van der Waals surface area contributed by atoms with Crippen LogP contribution in [-0.4, -0.2) is 32.1 Å². The van der Waals surface area contributed by atoms with E-state index in [-0.39, 0.29) is 23.9 Å². The molecule has 0 heterocycles. The highest BCUT2D eigenvalue weighted by Gasteiger charge is 2.29. The van der Waals surface area contributed by atoms with E-state index >= 15 is 0 Å². The van der Waals surface area contributed by atoms with E-state index in [4.69, 9.17) is 9.47 Å². The van der Waals surface area contributed by atoms with Gasteiger partial charge in [-0.2, -0.15) is 0 Å². The van der Waals surface area contributed by atoms with Crippen molar-refractivity contribution in [3.63, 3.8) is 0 Å². The number of ether oxygens (including phenoxy) is 2. The Morgan fingerprint density at radius 2 is 1.86 bits per heavy atom. The van der Waals surface area contributed by atoms with Gasteiger partial charge in [0.1, 0.15) is 5.78 Å². The van der Waals surface area contributed by atoms with Gasteiger partial charge in [0.15, 0.2) is 5.78 Å². The smallest absolute Gasteiger partial charge is 0.217 e. The highest BCUT2D eigenvalue weighted by molar-refractivity contribution is 6.01. The van der Waals surface area contributed by atoms with E-state index in [1.807, 2.05) is 0 Å². The average molecular weight is 200 g/mol. The maximum absolute atomic E-state index is 11.4. The van der Waals surface area contributed by atoms with Crippen molar-refractivity contribution in [2.75, 3.05) is 14.2 Å². The van der Waals surface area contributed by atoms with Gasteiger partial charge in [0.05, 0.1) is 6.42 Å². The third-order valence-electron chi connectivity index (χ3n) is 2.60. The molecule has 80 valence electrons. The van der Waals surface area contributed by atoms with Gasteiger partial charge in [0.2, 0.25) is 6.29 Å². The first-order valence-corrected chi connectivity index (χ1v) is 4.80. The monoisotopic (exact) mass is 200 g/mol. The van der Waals surface area contributed by atoms with Crippen molar-refractivity contribution in [2.45, 2.75) is 32.0 Å². The van der Waals surface area contributed by atoms with Crippen LogP contribution in [-0.2, 0) is 19.1 Å². The number of rotatable bonds is 6. The second-order valence-corrected chi connectivity index (χ2v) is 3.54. The molecule has 0 saturated heterocycles. The summed E-state index contributed by atoms with van der Waals surface area (Å²) >= 11 is 0. The van der Waals surface area contributed by atoms with Crippen molar-refractivity contribution >= 4 is 11.6 Å². The first-order chi connectivity index (χ1) is 6.69. The quantitative estimate of drug-likeness (QED) is 0.473. The van der Waals surface area contributed by atoms with Crippen LogP contribution in [0.1, 0.15) is 25.7 Å². The Balaban J connectivity index is 2.34. The molecule has 0 aliphatic heterocycles. The fraction of sp³-hybridized carbons (Fsp3) is 0.800. The van der Waals surface area contributed by atoms with Crippen LogP contribution in [0.5, 0.6) is 0 Å². The number of Topliss-reactive ketones (excluding diaryl/α,β-unsaturated/α-hetero) is 2. The van der Waals surface area contributed by atoms with E-state index in [0.717, 1.165) is 19.3 Å². The Morgan fingerprint density at radius 1 is 1.29 bits per heavy atom. The van der Waals surface area contributed by atoms with Crippen LogP contribution < -0.4 is 0 Å². The molecule has 14 heavy (non-hydrogen) atoms. The zero-order valence-corrected chi connectivity index (χ0v) is 8.62. The van der Waals surface area contributed by atoms with Crippen molar-refractivity contribution in [3.8, 4) is 0 Å². The highest BCUT2D eigenvalue weighted by atomic mass is 16.7. The first-order valence-electron chi connectivity index (χ1n) is 4.80. The summed E-state index contributed by atoms with van der Waals surface area (Å²) in [6.45, 7) is 0. The topological polar surface area (TPSA) is 52.6 Å². The summed E-state index contributed by atoms with van der Waals surface area (Å²) in [6, 6.07) is 0. The van der Waals surface area contributed by atoms with Crippen LogP contribution in [0.25, 0.3) is 0 Å². The Morgan fingerprint density at radius 3 is 2.21 bits per heavy atom. The van der Waals surface area contributed by atoms with Gasteiger partial charge in [-0.1, -0.05) is 6.42 Å². The Hall–Kier alpha value is -0.740. The zero-order chi connectivity index (χ0) is 10.6. The molecule has 1 aliphatic carbocycles. The second kappa shape index (κ2) is 5.22. The Labute approximate surface area is 83.6 Å². The van der Waals surface area contributed by atoms with Crippen molar-refractivity contribution in [3.05, 3.63) is 0 Å². The fourth-order valence-electron chi connectivity index (χ4n) is 1.49. The molecule has 1 rings (SSSR count). The molecule has 0 radical (unpaired) electrons. The molecule has 0 atom stereocenters. The van der Waals surface area contributed by atoms with Crippen molar-refractivity contribution < 1.29 is 19.1 Å². The molecule has 4 heteroatoms. The van der Waals surface area contributed by atoms with Gasteiger partial charge in [-0.05, 0) is 12.8 Å². The maximum atomic E-state index is 11.4. The van der Waals surface area contributed by atoms with Gasteiger partial charge < -0.3 is 9.47 Å². The Bertz CT molecular complexity index is 216. The lowest BCUT2D eigenvalue weighted by Gasteiger charge is -2.23. The fourth-order valence-corrected chi connectivity index (χ4v) is 1.49. The molecule has 1 saturated carbocycles. The lowest BCUT2D eigenvalue weighted by Crippen LogP contribution is -2.31. The number of carbonyl (C=O) groups is 2. The number of methoxy groups -OCH3 is 2. The molecule has 1 fully saturated rings. The van der Waals surface area contributed by atoms with Crippen LogP contribution in [0, 0.1) is 5.92 Å². The standard InChI is InChI=1S/C10H16O4/c1-13-10(14-2)9(12)6-8(11)7-4-3-5-7/h7,10H,3-6H2,1-2H3. The molecule has 0 unspecified atom stereocenters. The summed E-state index contributed by atoms with van der Waals surface area (Å²) < 4.78 is 9.54. The minimum atomic E-state index is -0.890. The van der Waals surface area contributed by atoms with Crippen molar-refractivity contribution in [2.24, 2.45) is 5.92 Å². The molecule has 0 bridgehead atoms. The highest BCUT2D eigenvalue weighted by Crippen LogP contribution is 2.28. The average Bonchev–Trinajstić information content (AvgIpc) is 2.02. The van der Waals surface area contributed by atoms with E-state index in [2.05, 4.69) is 0 Å². The van der Waals surface area contributed by atoms with Gasteiger partial charge in [0.25, 0.3) is 0 Å². The third kappa shape index (κ3) is 2.62. The first kappa shape index (κ1) is 11.3. The maximum Gasteiger partial charge on any atom is 0.217 e. The number of hydrogen-bond acceptors (Lipinski definition) is 4. The van der Waals surface area contributed by atoms with Gasteiger partial charge in [-0.25, -0.2) is 0 Å². The number of ketones is 2. The summed E-state index contributed by atoms with van der Waals surface area (Å²) in [7, 11) is 2.78. The van der Waals surface area contributed by atoms with Crippen LogP contribution in [0.15, 0.2) is 0 Å². The molecule has 0 spiro atoms. The molecular weight excluding hydrogens is 184 g/mol. The van der Waals surface area contributed by atoms with E-state index in [1.165, 1.54) is 14.2 Å². The lowest BCUT2D eigenvalue weighted by molar-refractivity contribution is -0.158. The van der Waals surface area contributed by atoms with Crippen LogP contribution >= 0.6 is 0 Å². The van der Waals surface area contributed by atoms with Gasteiger partial charge >= 0.3 is 0 Å². The van der Waals surface area contributed by atoms with E-state index in [0.29, 0.717) is 0 Å². The predicted octanol–water partition coefficient (Wildman–Crippen LogP) is 0.934. The summed E-state index contributed by atoms with van der Waals surface area (Å²) in [5, 5.41) is 0. The normalized spacial score (nSPS) is 16.8. The number of hydrogen-bond donors (Lipinski definition) is 0. The van der Waals surface area contributed by atoms with Crippen LogP contribution in [0.3, 0.4) is 0 Å². The van der Waals surface area contributed by atoms with E-state index < -0.39 is 6.29 Å². The zero-order valence-electron chi connectivity index (χ0n) is 8.62. The minimum Gasteiger partial charge on any atom is -0.349 e. The SMILES string of the molecule is COC(OC)C(=O)CC(=O)C1CCC1. The van der Waals surface area contributed by atoms with Gasteiger partial charge in [-0.15, -0.1) is 0 Å². The molecular formula is C10H16O4. The minimum absolute atomic E-state index is 0.0281. The van der Waals surface area contributed by atoms with Crippen molar-refractivity contribution in [1.29, 1.82) is 0 Å². The summed E-state index contributed by atoms with van der Waals surface area (Å²) in [4.78, 5) is 22.8. The molecule has 4 nitrogen and oxygen atoms in total. The van der Waals surface area contributed by atoms with E-state index in [1.54, 1.807) is 0 Å². The Kier molecular flexibility index (Phi) is 4.22. The largest absolute Gasteiger partial charge is 0.349 e. The summed E-state index contributed by atoms with van der Waals surface area (Å²) in [6.07, 6.45) is 2.01. The molecule has 0 amide bonds. The molecule has 0 N–H and O–H groups in total. The van der Waals surface area contributed by atoms with Crippen molar-refractivity contribution in [1.82, 2.24) is 0 Å². The second-order valence-electron chi connectivity index (χ2n) is 3.54. The molecule has 0 aromatic heterocycles. The third-order valence-corrected chi connectivity index (χ3v) is 2.60. The summed E-state index contributed by atoms with van der Waals surface area (Å²) in [5.74, 6) is -0.152. The lowest BCUT2D eigenvalue weighted by atomic mass is 9.81. The molecule has 0 aromatic carbocycles. The van der Waals surface area contributed by atoms with E-state index in [9.17, 15) is 9.59 Å². The van der Waals surface area contributed by atoms with Gasteiger partial charge in [-0.3, -0.25) is 9.59 Å². The van der Waals surface area contributed by atoms with Gasteiger partial charge in [0, 0.05) is 20.1 Å². The molecule has 0 aromatic rings. The molecule has 1 aliphatic rings. The van der Waals surface area contributed by atoms with Crippen LogP contribution in [0.4, 0.5) is 0 Å². The van der Waals surface area contributed by atoms with Crippen LogP contribution in [0.2, 0.25) is 0 Å². The summed E-state index contributed by atoms with van der Waals surface area (Å²) in [5.41, 5.74) is 0. The predicted molar refractivity (Wildman–Crippen MR) is 49.8 cm³/mol.